The fraction of sp³-hybridized carbons (Fsp3) is 0.927. The van der Waals surface area contributed by atoms with Gasteiger partial charge in [-0.2, -0.15) is 0 Å². The van der Waals surface area contributed by atoms with Gasteiger partial charge in [-0.05, 0) is 112 Å². The molecule has 0 aromatic heterocycles. The Morgan fingerprint density at radius 2 is 0.843 bits per heavy atom. The van der Waals surface area contributed by atoms with Crippen LogP contribution < -0.4 is 42.5 Å². The molecule has 4 saturated carbocycles. The van der Waals surface area contributed by atoms with Crippen LogP contribution in [-0.2, 0) is 9.53 Å². The van der Waals surface area contributed by atoms with E-state index in [9.17, 15) is 4.79 Å². The molecule has 0 amide bonds. The van der Waals surface area contributed by atoms with Gasteiger partial charge in [0.2, 0.25) is 0 Å². The minimum atomic E-state index is -0.0579. The van der Waals surface area contributed by atoms with Gasteiger partial charge in [-0.1, -0.05) is 63.9 Å². The number of hydrogen-bond acceptors (Lipinski definition) is 10. The van der Waals surface area contributed by atoms with Crippen molar-refractivity contribution in [3.8, 4) is 0 Å². The van der Waals surface area contributed by atoms with Gasteiger partial charge in [-0.15, -0.1) is 6.58 Å². The van der Waals surface area contributed by atoms with Crippen molar-refractivity contribution in [3.05, 3.63) is 12.7 Å². The lowest BCUT2D eigenvalue weighted by molar-refractivity contribution is -0.153. The molecule has 286 valence electrons. The van der Waals surface area contributed by atoms with Crippen LogP contribution in [-0.4, -0.2) is 61.9 Å². The van der Waals surface area contributed by atoms with Crippen LogP contribution in [0.15, 0.2) is 12.7 Å². The van der Waals surface area contributed by atoms with E-state index in [1.165, 1.54) is 89.9 Å². The fourth-order valence-electron chi connectivity index (χ4n) is 13.4. The van der Waals surface area contributed by atoms with Crippen LogP contribution in [0.1, 0.15) is 128 Å². The molecule has 51 heavy (non-hydrogen) atoms. The first kappa shape index (κ1) is 35.6. The van der Waals surface area contributed by atoms with Gasteiger partial charge >= 0.3 is 5.97 Å². The standard InChI is InChI=1S/C41H70N8O2/c1-2-3-4-5-6-13-23-51-41(50)31-22-14-21-30-32(31)40-48-38-29-20-12-11-19-28(29)36(46-38)44-34-25-16-8-7-15-24(25)33(42-34)43-35-26-17-9-10-18-27(26)37(45-35)47-39(30)49-40/h2,24-40,42-49H,1,3-23H2. The molecule has 10 nitrogen and oxygen atoms in total. The van der Waals surface area contributed by atoms with Crippen molar-refractivity contribution in [2.45, 2.75) is 178 Å². The van der Waals surface area contributed by atoms with E-state index in [1.807, 2.05) is 6.08 Å². The number of ether oxygens (including phenoxy) is 1. The molecule has 9 rings (SSSR count). The summed E-state index contributed by atoms with van der Waals surface area (Å²) in [7, 11) is 0. The van der Waals surface area contributed by atoms with Gasteiger partial charge < -0.3 is 4.74 Å². The first-order valence-corrected chi connectivity index (χ1v) is 22.0. The van der Waals surface area contributed by atoms with Gasteiger partial charge in [-0.25, -0.2) is 0 Å². The third kappa shape index (κ3) is 7.12. The quantitative estimate of drug-likeness (QED) is 0.104. The second kappa shape index (κ2) is 15.9. The fourth-order valence-corrected chi connectivity index (χ4v) is 13.4. The highest BCUT2D eigenvalue weighted by Gasteiger charge is 2.56. The molecule has 8 N–H and O–H groups in total. The number of carbonyl (C=O) groups is 1. The van der Waals surface area contributed by atoms with Crippen molar-refractivity contribution in [2.75, 3.05) is 6.61 Å². The molecule has 0 aromatic rings. The second-order valence-corrected chi connectivity index (χ2v) is 18.4. The van der Waals surface area contributed by atoms with Crippen LogP contribution in [0, 0.1) is 53.3 Å². The third-order valence-electron chi connectivity index (χ3n) is 15.7. The zero-order chi connectivity index (χ0) is 34.3. The van der Waals surface area contributed by atoms with E-state index in [1.54, 1.807) is 0 Å². The Balaban J connectivity index is 0.984. The normalized spacial score (nSPS) is 49.0. The Kier molecular flexibility index (Phi) is 11.1. The van der Waals surface area contributed by atoms with Crippen LogP contribution in [0.4, 0.5) is 0 Å². The van der Waals surface area contributed by atoms with E-state index < -0.39 is 0 Å². The Bertz CT molecular complexity index is 1200. The summed E-state index contributed by atoms with van der Waals surface area (Å²) in [5, 5.41) is 33.7. The summed E-state index contributed by atoms with van der Waals surface area (Å²) in [4.78, 5) is 14.0. The SMILES string of the molecule is C=CCCCCCCOC(=O)C1CCCC2C3NC4NC(NC5NC(NC6NC(NC(N3)C12)C1CCCCC61)C1CCCCC51)C1CCCCC41. The molecule has 17 atom stereocenters. The minimum absolute atomic E-state index is 0.0464. The smallest absolute Gasteiger partial charge is 0.309 e. The van der Waals surface area contributed by atoms with E-state index in [2.05, 4.69) is 49.1 Å². The molecule has 5 heterocycles. The van der Waals surface area contributed by atoms with Gasteiger partial charge in [-0.3, -0.25) is 47.3 Å². The Morgan fingerprint density at radius 3 is 1.27 bits per heavy atom. The molecule has 5 saturated heterocycles. The van der Waals surface area contributed by atoms with Crippen LogP contribution in [0.2, 0.25) is 0 Å². The molecule has 0 radical (unpaired) electrons. The molecular formula is C41H70N8O2. The number of hydrogen-bond donors (Lipinski definition) is 8. The highest BCUT2D eigenvalue weighted by molar-refractivity contribution is 5.73. The lowest BCUT2D eigenvalue weighted by Crippen LogP contribution is -2.62. The molecule has 0 spiro atoms. The predicted molar refractivity (Wildman–Crippen MR) is 200 cm³/mol. The number of fused-ring (bicyclic) bond motifs is 20. The average Bonchev–Trinajstić information content (AvgIpc) is 3.90. The summed E-state index contributed by atoms with van der Waals surface area (Å²) in [6.07, 6.45) is 28.7. The maximum absolute atomic E-state index is 14.0. The highest BCUT2D eigenvalue weighted by atomic mass is 16.5. The topological polar surface area (TPSA) is 123 Å². The summed E-state index contributed by atoms with van der Waals surface area (Å²) in [5.41, 5.74) is 0. The lowest BCUT2D eigenvalue weighted by Gasteiger charge is -2.38. The van der Waals surface area contributed by atoms with Crippen LogP contribution >= 0.6 is 0 Å². The van der Waals surface area contributed by atoms with Crippen molar-refractivity contribution in [3.63, 3.8) is 0 Å². The number of allylic oxidation sites excluding steroid dienone is 1. The van der Waals surface area contributed by atoms with Crippen molar-refractivity contribution in [1.82, 2.24) is 42.5 Å². The molecule has 9 aliphatic rings. The second-order valence-electron chi connectivity index (χ2n) is 18.4. The van der Waals surface area contributed by atoms with Gasteiger partial charge in [0.15, 0.2) is 0 Å². The monoisotopic (exact) mass is 707 g/mol. The van der Waals surface area contributed by atoms with Crippen molar-refractivity contribution >= 4 is 5.97 Å². The van der Waals surface area contributed by atoms with Gasteiger partial charge in [0, 0.05) is 5.92 Å². The van der Waals surface area contributed by atoms with Gasteiger partial charge in [0.25, 0.3) is 0 Å². The third-order valence-corrected chi connectivity index (χ3v) is 15.7. The van der Waals surface area contributed by atoms with Crippen LogP contribution in [0.3, 0.4) is 0 Å². The first-order valence-electron chi connectivity index (χ1n) is 22.0. The molecule has 9 fully saturated rings. The summed E-state index contributed by atoms with van der Waals surface area (Å²) in [6, 6.07) is 0. The molecular weight excluding hydrogens is 637 g/mol. The first-order chi connectivity index (χ1) is 25.2. The van der Waals surface area contributed by atoms with E-state index in [0.717, 1.165) is 38.5 Å². The largest absolute Gasteiger partial charge is 0.465 e. The molecule has 8 bridgehead atoms. The van der Waals surface area contributed by atoms with Gasteiger partial charge in [0.05, 0.1) is 61.9 Å². The van der Waals surface area contributed by atoms with E-state index in [-0.39, 0.29) is 42.5 Å². The Hall–Kier alpha value is -1.11. The predicted octanol–water partition coefficient (Wildman–Crippen LogP) is 4.51. The van der Waals surface area contributed by atoms with Crippen LogP contribution in [0.5, 0.6) is 0 Å². The number of esters is 1. The number of unbranched alkanes of at least 4 members (excludes halogenated alkanes) is 4. The van der Waals surface area contributed by atoms with Gasteiger partial charge in [0.1, 0.15) is 0 Å². The van der Waals surface area contributed by atoms with Crippen molar-refractivity contribution in [2.24, 2.45) is 53.3 Å². The van der Waals surface area contributed by atoms with Crippen molar-refractivity contribution in [1.29, 1.82) is 0 Å². The Morgan fingerprint density at radius 1 is 0.471 bits per heavy atom. The van der Waals surface area contributed by atoms with Crippen molar-refractivity contribution < 1.29 is 9.53 Å². The summed E-state index contributed by atoms with van der Waals surface area (Å²) >= 11 is 0. The molecule has 17 unspecified atom stereocenters. The van der Waals surface area contributed by atoms with E-state index in [0.29, 0.717) is 72.7 Å². The number of carbonyl (C=O) groups excluding carboxylic acids is 1. The Labute approximate surface area is 307 Å². The number of nitrogens with one attached hydrogen (secondary N) is 8. The maximum atomic E-state index is 14.0. The zero-order valence-corrected chi connectivity index (χ0v) is 31.3. The zero-order valence-electron chi connectivity index (χ0n) is 31.3. The van der Waals surface area contributed by atoms with Crippen LogP contribution in [0.25, 0.3) is 0 Å². The van der Waals surface area contributed by atoms with E-state index >= 15 is 0 Å². The molecule has 5 aliphatic heterocycles. The molecule has 10 heteroatoms. The summed E-state index contributed by atoms with van der Waals surface area (Å²) in [6.45, 7) is 4.40. The summed E-state index contributed by atoms with van der Waals surface area (Å²) < 4.78 is 6.11. The highest BCUT2D eigenvalue weighted by Crippen LogP contribution is 2.47. The lowest BCUT2D eigenvalue weighted by atomic mass is 9.71. The minimum Gasteiger partial charge on any atom is -0.465 e. The van der Waals surface area contributed by atoms with E-state index in [4.69, 9.17) is 4.74 Å². The molecule has 0 aromatic carbocycles. The maximum Gasteiger partial charge on any atom is 0.309 e. The average molecular weight is 707 g/mol. The summed E-state index contributed by atoms with van der Waals surface area (Å²) in [5.74, 6) is 4.50. The molecule has 4 aliphatic carbocycles. The number of rotatable bonds is 8.